The molecule has 0 aliphatic heterocycles. The van der Waals surface area contributed by atoms with Crippen LogP contribution in [-0.2, 0) is 17.8 Å². The Kier molecular flexibility index (Phi) is 4.05. The summed E-state index contributed by atoms with van der Waals surface area (Å²) in [6.07, 6.45) is 0.0526. The predicted molar refractivity (Wildman–Crippen MR) is 85.4 cm³/mol. The molecular weight excluding hydrogens is 330 g/mol. The number of aliphatic carboxylic acids is 1. The standard InChI is InChI=1S/C13H10ClN3O2S2/c14-9-3-4-10-13(17-21-16-10)12(9)15-6-8-2-1-7(20-8)5-11(18)19/h1-4,15H,5-6H2,(H,18,19). The van der Waals surface area contributed by atoms with Gasteiger partial charge in [0.15, 0.2) is 0 Å². The molecule has 0 radical (unpaired) electrons. The Morgan fingerprint density at radius 2 is 2.05 bits per heavy atom. The summed E-state index contributed by atoms with van der Waals surface area (Å²) in [5, 5.41) is 12.6. The zero-order valence-corrected chi connectivity index (χ0v) is 13.1. The first-order valence-corrected chi connectivity index (χ1v) is 8.00. The minimum absolute atomic E-state index is 0.0526. The fourth-order valence-electron chi connectivity index (χ4n) is 1.93. The van der Waals surface area contributed by atoms with Crippen LogP contribution in [-0.4, -0.2) is 19.8 Å². The van der Waals surface area contributed by atoms with E-state index in [2.05, 4.69) is 14.1 Å². The Hall–Kier alpha value is -1.70. The van der Waals surface area contributed by atoms with Gasteiger partial charge in [0.2, 0.25) is 0 Å². The summed E-state index contributed by atoms with van der Waals surface area (Å²) >= 11 is 8.82. The quantitative estimate of drug-likeness (QED) is 0.742. The zero-order valence-electron chi connectivity index (χ0n) is 10.7. The molecule has 0 bridgehead atoms. The molecule has 21 heavy (non-hydrogen) atoms. The second-order valence-electron chi connectivity index (χ2n) is 4.35. The van der Waals surface area contributed by atoms with E-state index < -0.39 is 5.97 Å². The molecule has 0 aliphatic rings. The minimum atomic E-state index is -0.822. The molecule has 3 rings (SSSR count). The molecule has 0 saturated heterocycles. The van der Waals surface area contributed by atoms with Crippen LogP contribution >= 0.6 is 34.7 Å². The Morgan fingerprint density at radius 3 is 2.86 bits per heavy atom. The maximum Gasteiger partial charge on any atom is 0.308 e. The lowest BCUT2D eigenvalue weighted by atomic mass is 10.2. The summed E-state index contributed by atoms with van der Waals surface area (Å²) < 4.78 is 8.43. The van der Waals surface area contributed by atoms with Gasteiger partial charge in [-0.1, -0.05) is 11.6 Å². The van der Waals surface area contributed by atoms with Gasteiger partial charge in [0.05, 0.1) is 28.9 Å². The topological polar surface area (TPSA) is 75.1 Å². The average molecular weight is 340 g/mol. The van der Waals surface area contributed by atoms with Crippen molar-refractivity contribution in [3.05, 3.63) is 39.0 Å². The number of thiophene rings is 1. The van der Waals surface area contributed by atoms with Gasteiger partial charge in [-0.05, 0) is 24.3 Å². The van der Waals surface area contributed by atoms with Crippen LogP contribution in [0.1, 0.15) is 9.75 Å². The number of carbonyl (C=O) groups is 1. The third-order valence-corrected chi connectivity index (χ3v) is 4.80. The minimum Gasteiger partial charge on any atom is -0.481 e. The largest absolute Gasteiger partial charge is 0.481 e. The van der Waals surface area contributed by atoms with Gasteiger partial charge in [-0.15, -0.1) is 11.3 Å². The van der Waals surface area contributed by atoms with E-state index in [9.17, 15) is 4.79 Å². The highest BCUT2D eigenvalue weighted by molar-refractivity contribution is 7.12. The summed E-state index contributed by atoms with van der Waals surface area (Å²) in [6, 6.07) is 7.38. The third kappa shape index (κ3) is 3.15. The fourth-order valence-corrected chi connectivity index (χ4v) is 3.64. The summed E-state index contributed by atoms with van der Waals surface area (Å²) in [4.78, 5) is 12.6. The molecular formula is C13H10ClN3O2S2. The van der Waals surface area contributed by atoms with Crippen molar-refractivity contribution in [2.75, 3.05) is 5.32 Å². The molecule has 0 unspecified atom stereocenters. The number of rotatable bonds is 5. The molecule has 2 N–H and O–H groups in total. The van der Waals surface area contributed by atoms with Gasteiger partial charge in [0, 0.05) is 16.3 Å². The van der Waals surface area contributed by atoms with Crippen molar-refractivity contribution in [3.63, 3.8) is 0 Å². The molecule has 3 aromatic rings. The molecule has 0 atom stereocenters. The van der Waals surface area contributed by atoms with Crippen molar-refractivity contribution >= 4 is 57.4 Å². The maximum atomic E-state index is 10.7. The number of halogens is 1. The second kappa shape index (κ2) is 5.97. The van der Waals surface area contributed by atoms with Crippen LogP contribution in [0.25, 0.3) is 11.0 Å². The van der Waals surface area contributed by atoms with Gasteiger partial charge in [-0.2, -0.15) is 8.75 Å². The van der Waals surface area contributed by atoms with Crippen LogP contribution in [0.15, 0.2) is 24.3 Å². The van der Waals surface area contributed by atoms with Crippen molar-refractivity contribution < 1.29 is 9.90 Å². The van der Waals surface area contributed by atoms with Gasteiger partial charge in [0.1, 0.15) is 11.0 Å². The Labute approximate surface area is 133 Å². The highest BCUT2D eigenvalue weighted by Crippen LogP contribution is 2.30. The van der Waals surface area contributed by atoms with Crippen molar-refractivity contribution in [1.29, 1.82) is 0 Å². The molecule has 2 heterocycles. The van der Waals surface area contributed by atoms with E-state index in [4.69, 9.17) is 16.7 Å². The molecule has 0 aliphatic carbocycles. The number of fused-ring (bicyclic) bond motifs is 1. The maximum absolute atomic E-state index is 10.7. The predicted octanol–water partition coefficient (Wildman–Crippen LogP) is 3.65. The summed E-state index contributed by atoms with van der Waals surface area (Å²) in [6.45, 7) is 0.570. The van der Waals surface area contributed by atoms with Crippen LogP contribution in [0, 0.1) is 0 Å². The van der Waals surface area contributed by atoms with Gasteiger partial charge in [-0.3, -0.25) is 4.79 Å². The SMILES string of the molecule is O=C(O)Cc1ccc(CNc2c(Cl)ccc3nsnc23)s1. The zero-order chi connectivity index (χ0) is 14.8. The smallest absolute Gasteiger partial charge is 0.308 e. The van der Waals surface area contributed by atoms with Crippen molar-refractivity contribution in [3.8, 4) is 0 Å². The normalized spacial score (nSPS) is 10.9. The molecule has 0 amide bonds. The van der Waals surface area contributed by atoms with E-state index in [1.54, 1.807) is 6.07 Å². The van der Waals surface area contributed by atoms with E-state index in [1.165, 1.54) is 11.3 Å². The van der Waals surface area contributed by atoms with Crippen LogP contribution in [0.3, 0.4) is 0 Å². The molecule has 0 saturated carbocycles. The lowest BCUT2D eigenvalue weighted by molar-refractivity contribution is -0.136. The molecule has 108 valence electrons. The number of aromatic nitrogens is 2. The van der Waals surface area contributed by atoms with E-state index in [0.29, 0.717) is 11.6 Å². The van der Waals surface area contributed by atoms with E-state index in [-0.39, 0.29) is 6.42 Å². The van der Waals surface area contributed by atoms with Crippen LogP contribution in [0.5, 0.6) is 0 Å². The van der Waals surface area contributed by atoms with Crippen molar-refractivity contribution in [1.82, 2.24) is 8.75 Å². The number of nitrogens with zero attached hydrogens (tertiary/aromatic N) is 2. The summed E-state index contributed by atoms with van der Waals surface area (Å²) in [5.74, 6) is -0.822. The lowest BCUT2D eigenvalue weighted by Gasteiger charge is -2.07. The number of carboxylic acids is 1. The number of hydrogen-bond donors (Lipinski definition) is 2. The van der Waals surface area contributed by atoms with Crippen LogP contribution in [0.2, 0.25) is 5.02 Å². The number of anilines is 1. The van der Waals surface area contributed by atoms with E-state index in [0.717, 1.165) is 38.2 Å². The van der Waals surface area contributed by atoms with Gasteiger partial charge < -0.3 is 10.4 Å². The van der Waals surface area contributed by atoms with Crippen LogP contribution < -0.4 is 5.32 Å². The molecule has 8 heteroatoms. The van der Waals surface area contributed by atoms with Crippen LogP contribution in [0.4, 0.5) is 5.69 Å². The first kappa shape index (κ1) is 14.2. The number of benzene rings is 1. The molecule has 1 aromatic carbocycles. The molecule has 0 spiro atoms. The summed E-state index contributed by atoms with van der Waals surface area (Å²) in [5.41, 5.74) is 2.33. The third-order valence-electron chi connectivity index (χ3n) is 2.86. The van der Waals surface area contributed by atoms with Gasteiger partial charge >= 0.3 is 5.97 Å². The average Bonchev–Trinajstić information content (AvgIpc) is 3.06. The van der Waals surface area contributed by atoms with Crippen molar-refractivity contribution in [2.24, 2.45) is 0 Å². The monoisotopic (exact) mass is 339 g/mol. The molecule has 2 aromatic heterocycles. The first-order valence-electron chi connectivity index (χ1n) is 6.07. The Bertz CT molecular complexity index is 800. The van der Waals surface area contributed by atoms with Crippen molar-refractivity contribution in [2.45, 2.75) is 13.0 Å². The second-order valence-corrected chi connectivity index (χ2v) is 6.53. The fraction of sp³-hybridized carbons (Fsp3) is 0.154. The Balaban J connectivity index is 1.77. The summed E-state index contributed by atoms with van der Waals surface area (Å²) in [7, 11) is 0. The van der Waals surface area contributed by atoms with E-state index >= 15 is 0 Å². The Morgan fingerprint density at radius 1 is 1.24 bits per heavy atom. The van der Waals surface area contributed by atoms with E-state index in [1.807, 2.05) is 18.2 Å². The lowest BCUT2D eigenvalue weighted by Crippen LogP contribution is -1.99. The number of hydrogen-bond acceptors (Lipinski definition) is 6. The van der Waals surface area contributed by atoms with Gasteiger partial charge in [-0.25, -0.2) is 0 Å². The first-order chi connectivity index (χ1) is 10.1. The highest BCUT2D eigenvalue weighted by atomic mass is 35.5. The molecule has 0 fully saturated rings. The molecule has 5 nitrogen and oxygen atoms in total. The number of carboxylic acid groups (broad SMARTS) is 1. The van der Waals surface area contributed by atoms with Gasteiger partial charge in [0.25, 0.3) is 0 Å². The highest BCUT2D eigenvalue weighted by Gasteiger charge is 2.10. The number of nitrogens with one attached hydrogen (secondary N) is 1.